The molecule has 1 amide bonds. The number of benzene rings is 4. The van der Waals surface area contributed by atoms with Gasteiger partial charge in [-0.1, -0.05) is 163 Å². The number of hydrogen-bond acceptors (Lipinski definition) is 4. The average Bonchev–Trinajstić information content (AvgIpc) is 3.17. The molecular formula is C45H61ClN2O3Si2. The minimum absolute atomic E-state index is 0.0114. The van der Waals surface area contributed by atoms with Gasteiger partial charge in [-0.15, -0.1) is 0 Å². The van der Waals surface area contributed by atoms with Crippen LogP contribution in [-0.2, 0) is 8.85 Å². The highest BCUT2D eigenvalue weighted by atomic mass is 35.5. The molecule has 284 valence electrons. The molecule has 2 fully saturated rings. The van der Waals surface area contributed by atoms with Crippen molar-refractivity contribution in [3.05, 3.63) is 121 Å². The first kappa shape index (κ1) is 41.1. The predicted octanol–water partition coefficient (Wildman–Crippen LogP) is 8.20. The average molecular weight is 770 g/mol. The molecule has 53 heavy (non-hydrogen) atoms. The molecule has 0 unspecified atom stereocenters. The Balaban J connectivity index is 0.000000206. The molecule has 5 nitrogen and oxygen atoms in total. The van der Waals surface area contributed by atoms with Gasteiger partial charge in [-0.25, -0.2) is 0 Å². The fourth-order valence-corrected chi connectivity index (χ4v) is 17.8. The molecule has 8 heteroatoms. The molecule has 0 saturated carbocycles. The summed E-state index contributed by atoms with van der Waals surface area (Å²) in [5, 5.41) is 8.55. The molecule has 2 heterocycles. The SMILES string of the molecule is CC(C)(C)[Si](OCC1CCN(C(=O)Cl)CC1)(c1ccccc1)c1ccccc1.CC(C)(C)[Si](OCC1CCNCC1)(c1ccccc1)c1ccccc1. The van der Waals surface area contributed by atoms with Crippen molar-refractivity contribution < 1.29 is 13.6 Å². The van der Waals surface area contributed by atoms with E-state index in [1.165, 1.54) is 33.6 Å². The van der Waals surface area contributed by atoms with Crippen molar-refractivity contribution >= 4 is 54.3 Å². The van der Waals surface area contributed by atoms with Crippen LogP contribution < -0.4 is 26.1 Å². The second-order valence-corrected chi connectivity index (χ2v) is 25.8. The molecule has 0 aliphatic carbocycles. The Morgan fingerprint density at radius 3 is 1.17 bits per heavy atom. The lowest BCUT2D eigenvalue weighted by Gasteiger charge is -2.44. The highest BCUT2D eigenvalue weighted by Crippen LogP contribution is 2.38. The van der Waals surface area contributed by atoms with Crippen LogP contribution in [0.15, 0.2) is 121 Å². The summed E-state index contributed by atoms with van der Waals surface area (Å²) < 4.78 is 14.0. The molecule has 4 aromatic carbocycles. The molecule has 2 saturated heterocycles. The van der Waals surface area contributed by atoms with Gasteiger partial charge in [0.2, 0.25) is 0 Å². The maximum atomic E-state index is 11.4. The molecule has 0 bridgehead atoms. The lowest BCUT2D eigenvalue weighted by atomic mass is 9.98. The third-order valence-electron chi connectivity index (χ3n) is 11.2. The largest absolute Gasteiger partial charge is 0.407 e. The van der Waals surface area contributed by atoms with Gasteiger partial charge in [0.1, 0.15) is 0 Å². The summed E-state index contributed by atoms with van der Waals surface area (Å²) in [7, 11) is -4.83. The van der Waals surface area contributed by atoms with E-state index in [-0.39, 0.29) is 15.4 Å². The maximum Gasteiger partial charge on any atom is 0.316 e. The number of carbonyl (C=O) groups is 1. The predicted molar refractivity (Wildman–Crippen MR) is 228 cm³/mol. The van der Waals surface area contributed by atoms with E-state index in [0.29, 0.717) is 11.8 Å². The molecule has 4 aromatic rings. The first-order valence-corrected chi connectivity index (χ1v) is 23.7. The van der Waals surface area contributed by atoms with Crippen LogP contribution in [0, 0.1) is 11.8 Å². The van der Waals surface area contributed by atoms with Gasteiger partial charge in [-0.3, -0.25) is 4.79 Å². The Morgan fingerprint density at radius 1 is 0.585 bits per heavy atom. The lowest BCUT2D eigenvalue weighted by molar-refractivity contribution is 0.153. The van der Waals surface area contributed by atoms with Crippen LogP contribution in [0.25, 0.3) is 0 Å². The van der Waals surface area contributed by atoms with Gasteiger partial charge in [0.05, 0.1) is 0 Å². The maximum absolute atomic E-state index is 11.4. The molecule has 6 rings (SSSR count). The number of hydrogen-bond donors (Lipinski definition) is 1. The standard InChI is InChI=1S/C23H30ClNO2Si.C22H31NOSi/c1-23(2,3)28(20-10-6-4-7-11-20,21-12-8-5-9-13-21)27-18-19-14-16-25(17-15-19)22(24)26;1-22(2,3)25(20-10-6-4-7-11-20,21-12-8-5-9-13-21)24-18-19-14-16-23-17-15-19/h4-13,19H,14-18H2,1-3H3;4-13,19,23H,14-18H2,1-3H3. The lowest BCUT2D eigenvalue weighted by Crippen LogP contribution is -2.67. The van der Waals surface area contributed by atoms with Crippen LogP contribution in [-0.4, -0.2) is 66.3 Å². The van der Waals surface area contributed by atoms with Crippen molar-refractivity contribution in [1.29, 1.82) is 0 Å². The fraction of sp³-hybridized carbons (Fsp3) is 0.444. The van der Waals surface area contributed by atoms with Crippen LogP contribution in [0.4, 0.5) is 4.79 Å². The van der Waals surface area contributed by atoms with E-state index in [9.17, 15) is 4.79 Å². The van der Waals surface area contributed by atoms with Gasteiger partial charge in [0.25, 0.3) is 16.6 Å². The first-order chi connectivity index (χ1) is 25.4. The minimum atomic E-state index is -2.48. The van der Waals surface area contributed by atoms with Crippen molar-refractivity contribution in [2.75, 3.05) is 39.4 Å². The van der Waals surface area contributed by atoms with E-state index in [1.807, 2.05) is 0 Å². The van der Waals surface area contributed by atoms with Gasteiger partial charge in [0, 0.05) is 26.3 Å². The Labute approximate surface area is 326 Å². The summed E-state index contributed by atoms with van der Waals surface area (Å²) >= 11 is 5.64. The molecule has 0 atom stereocenters. The molecule has 0 aromatic heterocycles. The third kappa shape index (κ3) is 9.80. The number of halogens is 1. The Bertz CT molecular complexity index is 1590. The third-order valence-corrected chi connectivity index (χ3v) is 21.5. The van der Waals surface area contributed by atoms with Gasteiger partial charge >= 0.3 is 5.37 Å². The van der Waals surface area contributed by atoms with E-state index < -0.39 is 16.6 Å². The monoisotopic (exact) mass is 768 g/mol. The smallest absolute Gasteiger partial charge is 0.316 e. The van der Waals surface area contributed by atoms with E-state index in [2.05, 4.69) is 168 Å². The van der Waals surface area contributed by atoms with E-state index >= 15 is 0 Å². The van der Waals surface area contributed by atoms with Crippen LogP contribution in [0.3, 0.4) is 0 Å². The van der Waals surface area contributed by atoms with E-state index in [4.69, 9.17) is 20.5 Å². The molecule has 2 aliphatic heterocycles. The molecular weight excluding hydrogens is 708 g/mol. The van der Waals surface area contributed by atoms with Crippen molar-refractivity contribution in [2.45, 2.75) is 77.3 Å². The fourth-order valence-electron chi connectivity index (χ4n) is 8.33. The van der Waals surface area contributed by atoms with Crippen LogP contribution in [0.2, 0.25) is 10.1 Å². The highest BCUT2D eigenvalue weighted by molar-refractivity contribution is 7.00. The Kier molecular flexibility index (Phi) is 14.4. The number of nitrogens with zero attached hydrogens (tertiary/aromatic N) is 1. The summed E-state index contributed by atoms with van der Waals surface area (Å²) in [5.41, 5.74) is 0. The van der Waals surface area contributed by atoms with Crippen molar-refractivity contribution in [3.8, 4) is 0 Å². The van der Waals surface area contributed by atoms with Crippen LogP contribution in [0.1, 0.15) is 67.2 Å². The second-order valence-electron chi connectivity index (χ2n) is 16.8. The number of amides is 1. The summed E-state index contributed by atoms with van der Waals surface area (Å²) in [4.78, 5) is 13.1. The normalized spacial score (nSPS) is 16.5. The Hall–Kier alpha value is -3.05. The summed E-state index contributed by atoms with van der Waals surface area (Å²) in [5.74, 6) is 1.12. The minimum Gasteiger partial charge on any atom is -0.407 e. The second kappa shape index (κ2) is 18.5. The number of rotatable bonds is 10. The van der Waals surface area contributed by atoms with E-state index in [0.717, 1.165) is 52.2 Å². The number of carbonyl (C=O) groups excluding carboxylic acids is 1. The van der Waals surface area contributed by atoms with Crippen molar-refractivity contribution in [2.24, 2.45) is 11.8 Å². The zero-order valence-corrected chi connectivity index (χ0v) is 35.6. The van der Waals surface area contributed by atoms with E-state index in [1.54, 1.807) is 4.90 Å². The van der Waals surface area contributed by atoms with Gasteiger partial charge < -0.3 is 19.1 Å². The molecule has 0 spiro atoms. The molecule has 0 radical (unpaired) electrons. The summed E-state index contributed by atoms with van der Waals surface area (Å²) in [6.07, 6.45) is 4.32. The van der Waals surface area contributed by atoms with Gasteiger partial charge in [-0.2, -0.15) is 0 Å². The van der Waals surface area contributed by atoms with Crippen molar-refractivity contribution in [1.82, 2.24) is 10.2 Å². The number of piperidine rings is 2. The number of likely N-dealkylation sites (tertiary alicyclic amines) is 1. The highest BCUT2D eigenvalue weighted by Gasteiger charge is 2.51. The zero-order valence-electron chi connectivity index (χ0n) is 32.8. The van der Waals surface area contributed by atoms with Crippen LogP contribution in [0.5, 0.6) is 0 Å². The molecule has 2 aliphatic rings. The Morgan fingerprint density at radius 2 is 0.887 bits per heavy atom. The van der Waals surface area contributed by atoms with Gasteiger partial charge in [0.15, 0.2) is 0 Å². The number of nitrogens with one attached hydrogen (secondary N) is 1. The van der Waals surface area contributed by atoms with Gasteiger partial charge in [-0.05, 0) is 93.0 Å². The molecule has 1 N–H and O–H groups in total. The zero-order chi connectivity index (χ0) is 38.0. The summed E-state index contributed by atoms with van der Waals surface area (Å²) in [6.45, 7) is 19.2. The van der Waals surface area contributed by atoms with Crippen LogP contribution >= 0.6 is 11.6 Å². The quantitative estimate of drug-likeness (QED) is 0.101. The van der Waals surface area contributed by atoms with Crippen molar-refractivity contribution in [3.63, 3.8) is 0 Å². The summed E-state index contributed by atoms with van der Waals surface area (Å²) in [6, 6.07) is 43.4. The topological polar surface area (TPSA) is 50.8 Å². The first-order valence-electron chi connectivity index (χ1n) is 19.5.